The number of carbonyl (C=O) groups excluding carboxylic acids is 1. The van der Waals surface area contributed by atoms with Gasteiger partial charge in [0, 0.05) is 12.2 Å². The maximum atomic E-state index is 11.9. The van der Waals surface area contributed by atoms with Crippen molar-refractivity contribution in [3.8, 4) is 0 Å². The topological polar surface area (TPSA) is 84.2 Å². The van der Waals surface area contributed by atoms with Gasteiger partial charge in [-0.05, 0) is 31.5 Å². The van der Waals surface area contributed by atoms with E-state index >= 15 is 0 Å². The standard InChI is InChI=1S/C16H19N3O3/c1-11-9-12(2)19(18-11)8-7-17-15(20)10-13-5-3-4-6-14(13)16(21)22/h3-6,9H,7-8,10H2,1-2H3,(H,17,20)(H,21,22). The summed E-state index contributed by atoms with van der Waals surface area (Å²) in [6.07, 6.45) is 0.0551. The number of amides is 1. The first-order chi connectivity index (χ1) is 10.5. The maximum absolute atomic E-state index is 11.9. The summed E-state index contributed by atoms with van der Waals surface area (Å²) in [5.41, 5.74) is 2.66. The van der Waals surface area contributed by atoms with Gasteiger partial charge in [0.2, 0.25) is 5.91 Å². The van der Waals surface area contributed by atoms with Crippen molar-refractivity contribution < 1.29 is 14.7 Å². The summed E-state index contributed by atoms with van der Waals surface area (Å²) in [6, 6.07) is 8.51. The average Bonchev–Trinajstić information content (AvgIpc) is 2.77. The summed E-state index contributed by atoms with van der Waals surface area (Å²) in [5.74, 6) is -1.22. The summed E-state index contributed by atoms with van der Waals surface area (Å²) >= 11 is 0. The molecule has 0 aliphatic rings. The molecule has 6 nitrogen and oxygen atoms in total. The highest BCUT2D eigenvalue weighted by molar-refractivity contribution is 5.91. The molecule has 0 fully saturated rings. The molecule has 0 bridgehead atoms. The Morgan fingerprint density at radius 1 is 1.27 bits per heavy atom. The lowest BCUT2D eigenvalue weighted by Crippen LogP contribution is -2.29. The number of nitrogens with zero attached hydrogens (tertiary/aromatic N) is 2. The van der Waals surface area contributed by atoms with Crippen LogP contribution in [-0.2, 0) is 17.8 Å². The van der Waals surface area contributed by atoms with Gasteiger partial charge in [-0.15, -0.1) is 0 Å². The van der Waals surface area contributed by atoms with Crippen molar-refractivity contribution >= 4 is 11.9 Å². The second-order valence-corrected chi connectivity index (χ2v) is 5.14. The highest BCUT2D eigenvalue weighted by Gasteiger charge is 2.12. The van der Waals surface area contributed by atoms with Crippen molar-refractivity contribution in [1.29, 1.82) is 0 Å². The quantitative estimate of drug-likeness (QED) is 0.848. The third-order valence-electron chi connectivity index (χ3n) is 3.35. The summed E-state index contributed by atoms with van der Waals surface area (Å²) in [6.45, 7) is 4.93. The van der Waals surface area contributed by atoms with Gasteiger partial charge in [0.05, 0.1) is 24.2 Å². The Bertz CT molecular complexity index is 692. The molecule has 1 heterocycles. The minimum absolute atomic E-state index is 0.0551. The third-order valence-corrected chi connectivity index (χ3v) is 3.35. The molecule has 0 unspecified atom stereocenters. The van der Waals surface area contributed by atoms with Crippen LogP contribution in [0.5, 0.6) is 0 Å². The molecule has 0 spiro atoms. The molecular formula is C16H19N3O3. The van der Waals surface area contributed by atoms with E-state index in [2.05, 4.69) is 10.4 Å². The van der Waals surface area contributed by atoms with Crippen LogP contribution in [0.15, 0.2) is 30.3 Å². The van der Waals surface area contributed by atoms with Gasteiger partial charge in [-0.3, -0.25) is 9.48 Å². The fraction of sp³-hybridized carbons (Fsp3) is 0.312. The molecule has 2 N–H and O–H groups in total. The second kappa shape index (κ2) is 6.89. The van der Waals surface area contributed by atoms with Crippen molar-refractivity contribution in [1.82, 2.24) is 15.1 Å². The number of carboxylic acid groups (broad SMARTS) is 1. The molecule has 22 heavy (non-hydrogen) atoms. The van der Waals surface area contributed by atoms with Crippen LogP contribution in [0.1, 0.15) is 27.3 Å². The van der Waals surface area contributed by atoms with Gasteiger partial charge in [0.15, 0.2) is 0 Å². The average molecular weight is 301 g/mol. The van der Waals surface area contributed by atoms with E-state index in [4.69, 9.17) is 5.11 Å². The molecule has 2 aromatic rings. The van der Waals surface area contributed by atoms with E-state index in [-0.39, 0.29) is 17.9 Å². The molecule has 1 aromatic heterocycles. The first kappa shape index (κ1) is 15.8. The van der Waals surface area contributed by atoms with Gasteiger partial charge in [0.1, 0.15) is 0 Å². The zero-order valence-corrected chi connectivity index (χ0v) is 12.7. The lowest BCUT2D eigenvalue weighted by molar-refractivity contribution is -0.120. The Balaban J connectivity index is 1.89. The predicted molar refractivity (Wildman–Crippen MR) is 81.8 cm³/mol. The van der Waals surface area contributed by atoms with Crippen molar-refractivity contribution in [3.63, 3.8) is 0 Å². The molecule has 116 valence electrons. The number of carbonyl (C=O) groups is 2. The molecule has 1 aromatic carbocycles. The molecular weight excluding hydrogens is 282 g/mol. The minimum atomic E-state index is -1.02. The molecule has 0 saturated carbocycles. The second-order valence-electron chi connectivity index (χ2n) is 5.14. The molecule has 0 aliphatic carbocycles. The molecule has 1 amide bonds. The Kier molecular flexibility index (Phi) is 4.93. The Hall–Kier alpha value is -2.63. The van der Waals surface area contributed by atoms with E-state index in [0.29, 0.717) is 18.7 Å². The van der Waals surface area contributed by atoms with E-state index in [1.54, 1.807) is 18.2 Å². The first-order valence-corrected chi connectivity index (χ1v) is 7.06. The summed E-state index contributed by atoms with van der Waals surface area (Å²) < 4.78 is 1.83. The van der Waals surface area contributed by atoms with Gasteiger partial charge >= 0.3 is 5.97 Å². The Morgan fingerprint density at radius 3 is 2.64 bits per heavy atom. The van der Waals surface area contributed by atoms with E-state index in [1.165, 1.54) is 6.07 Å². The number of aryl methyl sites for hydroxylation is 2. The molecule has 0 radical (unpaired) electrons. The summed E-state index contributed by atoms with van der Waals surface area (Å²) in [4.78, 5) is 23.0. The molecule has 0 saturated heterocycles. The minimum Gasteiger partial charge on any atom is -0.478 e. The van der Waals surface area contributed by atoms with Gasteiger partial charge in [-0.1, -0.05) is 18.2 Å². The number of benzene rings is 1. The Labute approximate surface area is 128 Å². The van der Waals surface area contributed by atoms with E-state index in [0.717, 1.165) is 11.4 Å². The monoisotopic (exact) mass is 301 g/mol. The third kappa shape index (κ3) is 3.94. The number of nitrogens with one attached hydrogen (secondary N) is 1. The normalized spacial score (nSPS) is 10.5. The smallest absolute Gasteiger partial charge is 0.335 e. The van der Waals surface area contributed by atoms with E-state index in [1.807, 2.05) is 24.6 Å². The van der Waals surface area contributed by atoms with Crippen LogP contribution in [0.2, 0.25) is 0 Å². The Morgan fingerprint density at radius 2 is 2.00 bits per heavy atom. The fourth-order valence-corrected chi connectivity index (χ4v) is 2.32. The highest BCUT2D eigenvalue weighted by atomic mass is 16.4. The van der Waals surface area contributed by atoms with Crippen LogP contribution in [0.25, 0.3) is 0 Å². The van der Waals surface area contributed by atoms with Gasteiger partial charge < -0.3 is 10.4 Å². The lowest BCUT2D eigenvalue weighted by atomic mass is 10.0. The van der Waals surface area contributed by atoms with Crippen LogP contribution in [0, 0.1) is 13.8 Å². The largest absolute Gasteiger partial charge is 0.478 e. The van der Waals surface area contributed by atoms with Crippen LogP contribution in [0.4, 0.5) is 0 Å². The maximum Gasteiger partial charge on any atom is 0.335 e. The van der Waals surface area contributed by atoms with Crippen molar-refractivity contribution in [2.24, 2.45) is 0 Å². The van der Waals surface area contributed by atoms with Gasteiger partial charge in [0.25, 0.3) is 0 Å². The number of rotatable bonds is 6. The summed E-state index contributed by atoms with van der Waals surface area (Å²) in [7, 11) is 0. The number of aromatic carboxylic acids is 1. The number of carboxylic acids is 1. The zero-order valence-electron chi connectivity index (χ0n) is 12.7. The highest BCUT2D eigenvalue weighted by Crippen LogP contribution is 2.09. The number of aromatic nitrogens is 2. The number of hydrogen-bond donors (Lipinski definition) is 2. The van der Waals surface area contributed by atoms with E-state index < -0.39 is 5.97 Å². The van der Waals surface area contributed by atoms with Crippen molar-refractivity contribution in [3.05, 3.63) is 52.8 Å². The van der Waals surface area contributed by atoms with Crippen molar-refractivity contribution in [2.45, 2.75) is 26.8 Å². The van der Waals surface area contributed by atoms with Crippen LogP contribution in [-0.4, -0.2) is 33.3 Å². The van der Waals surface area contributed by atoms with Crippen LogP contribution >= 0.6 is 0 Å². The van der Waals surface area contributed by atoms with Crippen LogP contribution < -0.4 is 5.32 Å². The SMILES string of the molecule is Cc1cc(C)n(CCNC(=O)Cc2ccccc2C(=O)O)n1. The molecule has 6 heteroatoms. The molecule has 0 atom stereocenters. The van der Waals surface area contributed by atoms with E-state index in [9.17, 15) is 9.59 Å². The van der Waals surface area contributed by atoms with Gasteiger partial charge in [-0.25, -0.2) is 4.79 Å². The molecule has 2 rings (SSSR count). The van der Waals surface area contributed by atoms with Crippen LogP contribution in [0.3, 0.4) is 0 Å². The fourth-order valence-electron chi connectivity index (χ4n) is 2.32. The predicted octanol–water partition coefficient (Wildman–Crippen LogP) is 1.56. The number of hydrogen-bond acceptors (Lipinski definition) is 3. The zero-order chi connectivity index (χ0) is 16.1. The summed E-state index contributed by atoms with van der Waals surface area (Å²) in [5, 5.41) is 16.2. The first-order valence-electron chi connectivity index (χ1n) is 7.06. The van der Waals surface area contributed by atoms with Crippen molar-refractivity contribution in [2.75, 3.05) is 6.54 Å². The molecule has 0 aliphatic heterocycles. The lowest BCUT2D eigenvalue weighted by Gasteiger charge is -2.08. The van der Waals surface area contributed by atoms with Gasteiger partial charge in [-0.2, -0.15) is 5.10 Å².